The summed E-state index contributed by atoms with van der Waals surface area (Å²) in [7, 11) is 0. The van der Waals surface area contributed by atoms with Crippen molar-refractivity contribution in [3.63, 3.8) is 0 Å². The fraction of sp³-hybridized carbons (Fsp3) is 0.833. The number of urea groups is 1. The Kier molecular flexibility index (Phi) is 3.75. The van der Waals surface area contributed by atoms with Crippen LogP contribution in [0, 0.1) is 0 Å². The number of likely N-dealkylation sites (tertiary alicyclic amines) is 1. The van der Waals surface area contributed by atoms with Crippen molar-refractivity contribution in [3.05, 3.63) is 0 Å². The molecule has 2 atom stereocenters. The van der Waals surface area contributed by atoms with Crippen molar-refractivity contribution in [1.29, 1.82) is 0 Å². The van der Waals surface area contributed by atoms with Crippen molar-refractivity contribution in [2.45, 2.75) is 50.8 Å². The second kappa shape index (κ2) is 5.14. The number of β-amino-alcohol motifs (C(OH)–C–C–N with tert-alkyl or cyclic N) is 1. The highest BCUT2D eigenvalue weighted by Crippen LogP contribution is 2.30. The SMILES string of the molecule is CCCN(C(=O)N1C[C@H](O)C[C@@H]1C(=O)O)C1CC1. The Hall–Kier alpha value is -1.30. The molecule has 2 rings (SSSR count). The lowest BCUT2D eigenvalue weighted by molar-refractivity contribution is -0.141. The second-order valence-electron chi connectivity index (χ2n) is 5.10. The van der Waals surface area contributed by atoms with Crippen LogP contribution in [0.1, 0.15) is 32.6 Å². The normalized spacial score (nSPS) is 27.3. The Morgan fingerprint density at radius 1 is 1.39 bits per heavy atom. The van der Waals surface area contributed by atoms with Crippen molar-refractivity contribution in [1.82, 2.24) is 9.80 Å². The van der Waals surface area contributed by atoms with E-state index in [2.05, 4.69) is 0 Å². The van der Waals surface area contributed by atoms with Crippen LogP contribution < -0.4 is 0 Å². The molecule has 2 aliphatic rings. The third kappa shape index (κ3) is 2.58. The molecule has 1 aliphatic carbocycles. The van der Waals surface area contributed by atoms with Gasteiger partial charge in [0.15, 0.2) is 0 Å². The Bertz CT molecular complexity index is 343. The van der Waals surface area contributed by atoms with Crippen LogP contribution in [0.15, 0.2) is 0 Å². The monoisotopic (exact) mass is 256 g/mol. The molecule has 0 aromatic rings. The Morgan fingerprint density at radius 3 is 2.56 bits per heavy atom. The van der Waals surface area contributed by atoms with Gasteiger partial charge in [0, 0.05) is 25.6 Å². The third-order valence-corrected chi connectivity index (χ3v) is 3.51. The predicted molar refractivity (Wildman–Crippen MR) is 64.2 cm³/mol. The second-order valence-corrected chi connectivity index (χ2v) is 5.10. The lowest BCUT2D eigenvalue weighted by Crippen LogP contribution is -2.49. The van der Waals surface area contributed by atoms with Gasteiger partial charge in [0.25, 0.3) is 0 Å². The summed E-state index contributed by atoms with van der Waals surface area (Å²) in [6.07, 6.45) is 2.26. The average molecular weight is 256 g/mol. The van der Waals surface area contributed by atoms with Gasteiger partial charge in [-0.1, -0.05) is 6.92 Å². The fourth-order valence-corrected chi connectivity index (χ4v) is 2.49. The zero-order chi connectivity index (χ0) is 13.3. The molecule has 1 aliphatic heterocycles. The van der Waals surface area contributed by atoms with Crippen molar-refractivity contribution >= 4 is 12.0 Å². The zero-order valence-electron chi connectivity index (χ0n) is 10.6. The van der Waals surface area contributed by atoms with E-state index in [1.165, 1.54) is 4.90 Å². The van der Waals surface area contributed by atoms with Gasteiger partial charge in [-0.2, -0.15) is 0 Å². The minimum absolute atomic E-state index is 0.128. The number of rotatable bonds is 4. The maximum absolute atomic E-state index is 12.4. The molecule has 0 aromatic heterocycles. The molecule has 6 nitrogen and oxygen atoms in total. The molecule has 2 amide bonds. The molecular formula is C12H20N2O4. The zero-order valence-corrected chi connectivity index (χ0v) is 10.6. The maximum Gasteiger partial charge on any atom is 0.326 e. The topological polar surface area (TPSA) is 81.1 Å². The first-order valence-electron chi connectivity index (χ1n) is 6.52. The molecular weight excluding hydrogens is 236 g/mol. The highest BCUT2D eigenvalue weighted by atomic mass is 16.4. The van der Waals surface area contributed by atoms with E-state index in [0.717, 1.165) is 19.3 Å². The Balaban J connectivity index is 2.08. The van der Waals surface area contributed by atoms with Crippen LogP contribution in [-0.2, 0) is 4.79 Å². The maximum atomic E-state index is 12.4. The summed E-state index contributed by atoms with van der Waals surface area (Å²) in [4.78, 5) is 26.5. The average Bonchev–Trinajstić information content (AvgIpc) is 3.07. The molecule has 2 N–H and O–H groups in total. The number of aliphatic carboxylic acids is 1. The number of nitrogens with zero attached hydrogens (tertiary/aromatic N) is 2. The highest BCUT2D eigenvalue weighted by Gasteiger charge is 2.43. The molecule has 102 valence electrons. The van der Waals surface area contributed by atoms with Crippen LogP contribution in [-0.4, -0.2) is 63.3 Å². The van der Waals surface area contributed by atoms with Gasteiger partial charge in [0.1, 0.15) is 6.04 Å². The number of amides is 2. The van der Waals surface area contributed by atoms with Crippen LogP contribution in [0.5, 0.6) is 0 Å². The van der Waals surface area contributed by atoms with Gasteiger partial charge in [0.05, 0.1) is 6.10 Å². The summed E-state index contributed by atoms with van der Waals surface area (Å²) < 4.78 is 0. The van der Waals surface area contributed by atoms with Crippen LogP contribution in [0.4, 0.5) is 4.79 Å². The minimum Gasteiger partial charge on any atom is -0.480 e. The van der Waals surface area contributed by atoms with Gasteiger partial charge < -0.3 is 20.0 Å². The minimum atomic E-state index is -1.04. The molecule has 0 spiro atoms. The molecule has 6 heteroatoms. The summed E-state index contributed by atoms with van der Waals surface area (Å²) in [6.45, 7) is 2.78. The largest absolute Gasteiger partial charge is 0.480 e. The molecule has 1 saturated carbocycles. The number of carboxylic acids is 1. The number of carbonyl (C=O) groups is 2. The van der Waals surface area contributed by atoms with E-state index in [-0.39, 0.29) is 25.0 Å². The number of hydrogen-bond donors (Lipinski definition) is 2. The first-order valence-corrected chi connectivity index (χ1v) is 6.52. The quantitative estimate of drug-likeness (QED) is 0.767. The van der Waals surface area contributed by atoms with E-state index in [4.69, 9.17) is 5.11 Å². The van der Waals surface area contributed by atoms with Gasteiger partial charge >= 0.3 is 12.0 Å². The lowest BCUT2D eigenvalue weighted by atomic mass is 10.2. The fourth-order valence-electron chi connectivity index (χ4n) is 2.49. The van der Waals surface area contributed by atoms with Crippen molar-refractivity contribution in [3.8, 4) is 0 Å². The molecule has 1 saturated heterocycles. The highest BCUT2D eigenvalue weighted by molar-refractivity contribution is 5.83. The smallest absolute Gasteiger partial charge is 0.326 e. The number of carbonyl (C=O) groups excluding carboxylic acids is 1. The van der Waals surface area contributed by atoms with Crippen LogP contribution in [0.25, 0.3) is 0 Å². The number of carboxylic acid groups (broad SMARTS) is 1. The molecule has 1 heterocycles. The number of aliphatic hydroxyl groups excluding tert-OH is 1. The molecule has 0 bridgehead atoms. The van der Waals surface area contributed by atoms with Crippen molar-refractivity contribution in [2.24, 2.45) is 0 Å². The molecule has 0 aromatic carbocycles. The Labute approximate surface area is 106 Å². The third-order valence-electron chi connectivity index (χ3n) is 3.51. The van der Waals surface area contributed by atoms with Crippen LogP contribution in [0.2, 0.25) is 0 Å². The molecule has 0 radical (unpaired) electrons. The van der Waals surface area contributed by atoms with Crippen molar-refractivity contribution < 1.29 is 19.8 Å². The van der Waals surface area contributed by atoms with Crippen molar-refractivity contribution in [2.75, 3.05) is 13.1 Å². The van der Waals surface area contributed by atoms with Gasteiger partial charge in [-0.25, -0.2) is 9.59 Å². The van der Waals surface area contributed by atoms with E-state index >= 15 is 0 Å². The predicted octanol–water partition coefficient (Wildman–Crippen LogP) is 0.501. The van der Waals surface area contributed by atoms with E-state index in [9.17, 15) is 14.7 Å². The standard InChI is InChI=1S/C12H20N2O4/c1-2-5-13(8-3-4-8)12(18)14-7-9(15)6-10(14)11(16)17/h8-10,15H,2-7H2,1H3,(H,16,17)/t9-,10-/m1/s1. The van der Waals surface area contributed by atoms with Gasteiger partial charge in [-0.15, -0.1) is 0 Å². The molecule has 2 fully saturated rings. The summed E-state index contributed by atoms with van der Waals surface area (Å²) in [6, 6.07) is -0.849. The van der Waals surface area contributed by atoms with Gasteiger partial charge in [0.2, 0.25) is 0 Å². The van der Waals surface area contributed by atoms with E-state index in [1.54, 1.807) is 4.90 Å². The van der Waals surface area contributed by atoms with E-state index in [1.807, 2.05) is 6.92 Å². The summed E-state index contributed by atoms with van der Waals surface area (Å²) in [5.74, 6) is -1.04. The summed E-state index contributed by atoms with van der Waals surface area (Å²) in [5.41, 5.74) is 0. The van der Waals surface area contributed by atoms with E-state index in [0.29, 0.717) is 6.54 Å². The Morgan fingerprint density at radius 2 is 2.06 bits per heavy atom. The lowest BCUT2D eigenvalue weighted by Gasteiger charge is -2.30. The number of hydrogen-bond acceptors (Lipinski definition) is 3. The summed E-state index contributed by atoms with van der Waals surface area (Å²) >= 11 is 0. The first-order chi connectivity index (χ1) is 8.54. The van der Waals surface area contributed by atoms with Gasteiger partial charge in [-0.05, 0) is 19.3 Å². The summed E-state index contributed by atoms with van der Waals surface area (Å²) in [5, 5.41) is 18.7. The van der Waals surface area contributed by atoms with E-state index < -0.39 is 18.1 Å². The van der Waals surface area contributed by atoms with Crippen LogP contribution in [0.3, 0.4) is 0 Å². The number of aliphatic hydroxyl groups is 1. The van der Waals surface area contributed by atoms with Crippen LogP contribution >= 0.6 is 0 Å². The molecule has 18 heavy (non-hydrogen) atoms. The molecule has 0 unspecified atom stereocenters. The van der Waals surface area contributed by atoms with Gasteiger partial charge in [-0.3, -0.25) is 0 Å². The first kappa shape index (κ1) is 13.1.